The Morgan fingerprint density at radius 3 is 2.95 bits per heavy atom. The molecule has 1 saturated heterocycles. The second-order valence-electron chi connectivity index (χ2n) is 5.30. The van der Waals surface area contributed by atoms with Gasteiger partial charge in [0.25, 0.3) is 0 Å². The van der Waals surface area contributed by atoms with Crippen LogP contribution in [0.3, 0.4) is 0 Å². The van der Waals surface area contributed by atoms with Crippen LogP contribution in [0.4, 0.5) is 4.39 Å². The number of rotatable bonds is 3. The highest BCUT2D eigenvalue weighted by Crippen LogP contribution is 2.21. The number of carbonyl (C=O) groups is 1. The van der Waals surface area contributed by atoms with Crippen LogP contribution in [-0.4, -0.2) is 36.5 Å². The second kappa shape index (κ2) is 7.60. The minimum absolute atomic E-state index is 0. The highest BCUT2D eigenvalue weighted by Gasteiger charge is 2.24. The van der Waals surface area contributed by atoms with Gasteiger partial charge in [-0.05, 0) is 30.5 Å². The van der Waals surface area contributed by atoms with Crippen molar-refractivity contribution in [2.45, 2.75) is 32.2 Å². The molecule has 1 N–H and O–H groups in total. The summed E-state index contributed by atoms with van der Waals surface area (Å²) in [5.41, 5.74) is 0.885. The molecule has 112 valence electrons. The van der Waals surface area contributed by atoms with Crippen LogP contribution in [0.5, 0.6) is 0 Å². The molecule has 0 aliphatic carbocycles. The SMILES string of the molecule is CC(CC(=O)N1CCNC[C@@H]1C)c1cccc(F)c1.Cl. The Balaban J connectivity index is 0.00000200. The molecular formula is C15H22ClFN2O. The van der Waals surface area contributed by atoms with Gasteiger partial charge in [-0.15, -0.1) is 12.4 Å². The normalized spacial score (nSPS) is 20.1. The minimum Gasteiger partial charge on any atom is -0.337 e. The van der Waals surface area contributed by atoms with Crippen molar-refractivity contribution in [3.8, 4) is 0 Å². The average molecular weight is 301 g/mol. The van der Waals surface area contributed by atoms with Crippen LogP contribution in [0.2, 0.25) is 0 Å². The number of hydrogen-bond acceptors (Lipinski definition) is 2. The van der Waals surface area contributed by atoms with E-state index in [1.807, 2.05) is 17.9 Å². The Morgan fingerprint density at radius 2 is 2.30 bits per heavy atom. The molecule has 0 radical (unpaired) electrons. The van der Waals surface area contributed by atoms with E-state index in [2.05, 4.69) is 12.2 Å². The molecule has 1 amide bonds. The van der Waals surface area contributed by atoms with Gasteiger partial charge in [0, 0.05) is 32.1 Å². The highest BCUT2D eigenvalue weighted by atomic mass is 35.5. The van der Waals surface area contributed by atoms with Crippen molar-refractivity contribution in [1.82, 2.24) is 10.2 Å². The van der Waals surface area contributed by atoms with Gasteiger partial charge in [0.2, 0.25) is 5.91 Å². The lowest BCUT2D eigenvalue weighted by atomic mass is 9.96. The molecule has 2 rings (SSSR count). The van der Waals surface area contributed by atoms with Crippen molar-refractivity contribution in [3.63, 3.8) is 0 Å². The molecule has 5 heteroatoms. The van der Waals surface area contributed by atoms with E-state index in [9.17, 15) is 9.18 Å². The molecular weight excluding hydrogens is 279 g/mol. The fourth-order valence-corrected chi connectivity index (χ4v) is 2.52. The number of piperazine rings is 1. The first-order chi connectivity index (χ1) is 9.08. The standard InChI is InChI=1S/C15H21FN2O.ClH/c1-11(13-4-3-5-14(16)9-13)8-15(19)18-7-6-17-10-12(18)2;/h3-5,9,11-12,17H,6-8,10H2,1-2H3;1H/t11?,12-;/m0./s1. The number of halogens is 2. The Labute approximate surface area is 125 Å². The Hall–Kier alpha value is -1.13. The first-order valence-corrected chi connectivity index (χ1v) is 6.83. The fraction of sp³-hybridized carbons (Fsp3) is 0.533. The van der Waals surface area contributed by atoms with E-state index in [0.29, 0.717) is 6.42 Å². The molecule has 20 heavy (non-hydrogen) atoms. The van der Waals surface area contributed by atoms with Crippen molar-refractivity contribution in [2.75, 3.05) is 19.6 Å². The van der Waals surface area contributed by atoms with E-state index < -0.39 is 0 Å². The maximum absolute atomic E-state index is 13.2. The summed E-state index contributed by atoms with van der Waals surface area (Å²) in [4.78, 5) is 14.2. The summed E-state index contributed by atoms with van der Waals surface area (Å²) in [5.74, 6) is -0.0385. The molecule has 0 aromatic heterocycles. The minimum atomic E-state index is -0.243. The van der Waals surface area contributed by atoms with Gasteiger partial charge in [0.05, 0.1) is 0 Å². The lowest BCUT2D eigenvalue weighted by molar-refractivity contribution is -0.134. The molecule has 1 aliphatic heterocycles. The summed E-state index contributed by atoms with van der Waals surface area (Å²) in [6, 6.07) is 6.75. The quantitative estimate of drug-likeness (QED) is 0.930. The number of amides is 1. The van der Waals surface area contributed by atoms with Gasteiger partial charge in [-0.1, -0.05) is 19.1 Å². The van der Waals surface area contributed by atoms with Gasteiger partial charge in [-0.25, -0.2) is 4.39 Å². The largest absolute Gasteiger partial charge is 0.337 e. The summed E-state index contributed by atoms with van der Waals surface area (Å²) in [7, 11) is 0. The lowest BCUT2D eigenvalue weighted by Crippen LogP contribution is -2.52. The fourth-order valence-electron chi connectivity index (χ4n) is 2.52. The van der Waals surface area contributed by atoms with Crippen LogP contribution >= 0.6 is 12.4 Å². The molecule has 1 heterocycles. The van der Waals surface area contributed by atoms with Gasteiger partial charge in [-0.2, -0.15) is 0 Å². The van der Waals surface area contributed by atoms with Gasteiger partial charge >= 0.3 is 0 Å². The number of nitrogens with one attached hydrogen (secondary N) is 1. The third-order valence-electron chi connectivity index (χ3n) is 3.72. The summed E-state index contributed by atoms with van der Waals surface area (Å²) < 4.78 is 13.2. The molecule has 3 nitrogen and oxygen atoms in total. The van der Waals surface area contributed by atoms with Gasteiger partial charge in [0.1, 0.15) is 5.82 Å². The number of carbonyl (C=O) groups excluding carboxylic acids is 1. The van der Waals surface area contributed by atoms with E-state index in [1.54, 1.807) is 6.07 Å². The van der Waals surface area contributed by atoms with Crippen molar-refractivity contribution < 1.29 is 9.18 Å². The van der Waals surface area contributed by atoms with Crippen LogP contribution in [0.1, 0.15) is 31.7 Å². The van der Waals surface area contributed by atoms with Crippen LogP contribution in [-0.2, 0) is 4.79 Å². The Bertz CT molecular complexity index is 455. The highest BCUT2D eigenvalue weighted by molar-refractivity contribution is 5.85. The third-order valence-corrected chi connectivity index (χ3v) is 3.72. The maximum atomic E-state index is 13.2. The summed E-state index contributed by atoms with van der Waals surface area (Å²) >= 11 is 0. The van der Waals surface area contributed by atoms with E-state index >= 15 is 0 Å². The zero-order valence-corrected chi connectivity index (χ0v) is 12.8. The first kappa shape index (κ1) is 16.9. The van der Waals surface area contributed by atoms with Crippen LogP contribution < -0.4 is 5.32 Å². The number of nitrogens with zero attached hydrogens (tertiary/aromatic N) is 1. The molecule has 2 atom stereocenters. The molecule has 1 fully saturated rings. The van der Waals surface area contributed by atoms with E-state index in [1.165, 1.54) is 12.1 Å². The molecule has 1 aliphatic rings. The topological polar surface area (TPSA) is 32.3 Å². The predicted octanol–water partition coefficient (Wildman–Crippen LogP) is 2.56. The maximum Gasteiger partial charge on any atom is 0.223 e. The molecule has 0 spiro atoms. The van der Waals surface area contributed by atoms with Gasteiger partial charge < -0.3 is 10.2 Å². The number of benzene rings is 1. The van der Waals surface area contributed by atoms with Gasteiger partial charge in [-0.3, -0.25) is 4.79 Å². The van der Waals surface area contributed by atoms with Crippen LogP contribution in [0, 0.1) is 5.82 Å². The van der Waals surface area contributed by atoms with Gasteiger partial charge in [0.15, 0.2) is 0 Å². The van der Waals surface area contributed by atoms with Crippen molar-refractivity contribution in [1.29, 1.82) is 0 Å². The zero-order valence-electron chi connectivity index (χ0n) is 11.9. The van der Waals surface area contributed by atoms with E-state index in [-0.39, 0.29) is 36.1 Å². The number of hydrogen-bond donors (Lipinski definition) is 1. The first-order valence-electron chi connectivity index (χ1n) is 6.83. The van der Waals surface area contributed by atoms with Crippen molar-refractivity contribution in [2.24, 2.45) is 0 Å². The third kappa shape index (κ3) is 4.18. The Kier molecular flexibility index (Phi) is 6.43. The second-order valence-corrected chi connectivity index (χ2v) is 5.30. The Morgan fingerprint density at radius 1 is 1.55 bits per heavy atom. The lowest BCUT2D eigenvalue weighted by Gasteiger charge is -2.34. The molecule has 1 unspecified atom stereocenters. The van der Waals surface area contributed by atoms with Crippen molar-refractivity contribution >= 4 is 18.3 Å². The molecule has 1 aromatic carbocycles. The van der Waals surface area contributed by atoms with Crippen LogP contribution in [0.25, 0.3) is 0 Å². The van der Waals surface area contributed by atoms with E-state index in [0.717, 1.165) is 25.2 Å². The van der Waals surface area contributed by atoms with E-state index in [4.69, 9.17) is 0 Å². The predicted molar refractivity (Wildman–Crippen MR) is 80.7 cm³/mol. The summed E-state index contributed by atoms with van der Waals surface area (Å²) in [6.45, 7) is 6.48. The summed E-state index contributed by atoms with van der Waals surface area (Å²) in [5, 5.41) is 3.27. The summed E-state index contributed by atoms with van der Waals surface area (Å²) in [6.07, 6.45) is 0.438. The molecule has 0 bridgehead atoms. The zero-order chi connectivity index (χ0) is 13.8. The smallest absolute Gasteiger partial charge is 0.223 e. The van der Waals surface area contributed by atoms with Crippen molar-refractivity contribution in [3.05, 3.63) is 35.6 Å². The average Bonchev–Trinajstić information content (AvgIpc) is 2.39. The van der Waals surface area contributed by atoms with Crippen LogP contribution in [0.15, 0.2) is 24.3 Å². The molecule has 0 saturated carbocycles. The molecule has 1 aromatic rings. The monoisotopic (exact) mass is 300 g/mol.